The van der Waals surface area contributed by atoms with Crippen molar-refractivity contribution < 1.29 is 14.6 Å². The monoisotopic (exact) mass is 329 g/mol. The number of carbonyl (C=O) groups is 1. The number of hydrogen-bond acceptors (Lipinski definition) is 4. The minimum Gasteiger partial charge on any atom is -0.466 e. The summed E-state index contributed by atoms with van der Waals surface area (Å²) in [5.41, 5.74) is 1.13. The van der Waals surface area contributed by atoms with Crippen LogP contribution < -0.4 is 5.32 Å². The fourth-order valence-corrected chi connectivity index (χ4v) is 1.93. The molecule has 1 aromatic rings. The standard InChI is InChI=1S/C14H20BrNO3/c1-3-19-14(18)8-13(17)9-16-10(2)11-4-6-12(15)7-5-11/h4-7,10,13,16-17H,3,8-9H2,1-2H3. The third kappa shape index (κ3) is 6.18. The Kier molecular flexibility index (Phi) is 7.05. The smallest absolute Gasteiger partial charge is 0.308 e. The zero-order chi connectivity index (χ0) is 14.3. The van der Waals surface area contributed by atoms with Crippen molar-refractivity contribution in [3.63, 3.8) is 0 Å². The Hall–Kier alpha value is -0.910. The molecule has 1 aromatic carbocycles. The minimum atomic E-state index is -0.725. The van der Waals surface area contributed by atoms with Crippen LogP contribution in [-0.2, 0) is 9.53 Å². The van der Waals surface area contributed by atoms with Gasteiger partial charge in [-0.2, -0.15) is 0 Å². The Bertz CT molecular complexity index is 394. The number of nitrogens with one attached hydrogen (secondary N) is 1. The number of ether oxygens (including phenoxy) is 1. The number of carbonyl (C=O) groups excluding carboxylic acids is 1. The third-order valence-electron chi connectivity index (χ3n) is 2.74. The molecular weight excluding hydrogens is 310 g/mol. The molecule has 106 valence electrons. The van der Waals surface area contributed by atoms with E-state index in [1.807, 2.05) is 31.2 Å². The summed E-state index contributed by atoms with van der Waals surface area (Å²) in [5.74, 6) is -0.368. The van der Waals surface area contributed by atoms with E-state index < -0.39 is 6.10 Å². The van der Waals surface area contributed by atoms with Crippen LogP contribution in [0, 0.1) is 0 Å². The Balaban J connectivity index is 2.35. The molecule has 1 rings (SSSR count). The van der Waals surface area contributed by atoms with E-state index in [4.69, 9.17) is 4.74 Å². The molecule has 0 spiro atoms. The second-order valence-corrected chi connectivity index (χ2v) is 5.26. The van der Waals surface area contributed by atoms with E-state index >= 15 is 0 Å². The van der Waals surface area contributed by atoms with Crippen LogP contribution >= 0.6 is 15.9 Å². The molecule has 0 heterocycles. The zero-order valence-electron chi connectivity index (χ0n) is 11.2. The molecule has 0 fully saturated rings. The second-order valence-electron chi connectivity index (χ2n) is 4.34. The van der Waals surface area contributed by atoms with Crippen LogP contribution in [0.5, 0.6) is 0 Å². The quantitative estimate of drug-likeness (QED) is 0.754. The summed E-state index contributed by atoms with van der Waals surface area (Å²) < 4.78 is 5.82. The van der Waals surface area contributed by atoms with Gasteiger partial charge < -0.3 is 15.2 Å². The summed E-state index contributed by atoms with van der Waals surface area (Å²) in [7, 11) is 0. The molecule has 0 amide bonds. The minimum absolute atomic E-state index is 0.0217. The number of aliphatic hydroxyl groups excluding tert-OH is 1. The Morgan fingerprint density at radius 3 is 2.63 bits per heavy atom. The van der Waals surface area contributed by atoms with Gasteiger partial charge in [-0.3, -0.25) is 4.79 Å². The highest BCUT2D eigenvalue weighted by Gasteiger charge is 2.13. The average molecular weight is 330 g/mol. The average Bonchev–Trinajstić information content (AvgIpc) is 2.37. The fourth-order valence-electron chi connectivity index (χ4n) is 1.67. The van der Waals surface area contributed by atoms with E-state index in [2.05, 4.69) is 21.2 Å². The molecule has 0 aromatic heterocycles. The molecule has 0 saturated carbocycles. The van der Waals surface area contributed by atoms with Crippen LogP contribution in [-0.4, -0.2) is 30.3 Å². The van der Waals surface area contributed by atoms with Crippen molar-refractivity contribution in [1.29, 1.82) is 0 Å². The molecule has 0 aliphatic heterocycles. The van der Waals surface area contributed by atoms with E-state index in [0.29, 0.717) is 13.2 Å². The van der Waals surface area contributed by atoms with Gasteiger partial charge in [0, 0.05) is 17.1 Å². The highest BCUT2D eigenvalue weighted by atomic mass is 79.9. The normalized spacial score (nSPS) is 13.9. The van der Waals surface area contributed by atoms with Gasteiger partial charge >= 0.3 is 5.97 Å². The van der Waals surface area contributed by atoms with E-state index in [9.17, 15) is 9.90 Å². The van der Waals surface area contributed by atoms with Gasteiger partial charge in [0.05, 0.1) is 19.1 Å². The number of halogens is 1. The van der Waals surface area contributed by atoms with E-state index in [0.717, 1.165) is 10.0 Å². The number of hydrogen-bond donors (Lipinski definition) is 2. The van der Waals surface area contributed by atoms with Crippen LogP contribution in [0.15, 0.2) is 28.7 Å². The van der Waals surface area contributed by atoms with Gasteiger partial charge in [0.2, 0.25) is 0 Å². The molecule has 5 heteroatoms. The number of esters is 1. The largest absolute Gasteiger partial charge is 0.466 e. The lowest BCUT2D eigenvalue weighted by Crippen LogP contribution is -2.31. The summed E-state index contributed by atoms with van der Waals surface area (Å²) in [4.78, 5) is 11.2. The molecule has 2 atom stereocenters. The van der Waals surface area contributed by atoms with Crippen LogP contribution in [0.3, 0.4) is 0 Å². The number of rotatable bonds is 7. The van der Waals surface area contributed by atoms with Gasteiger partial charge in [-0.15, -0.1) is 0 Å². The molecule has 2 N–H and O–H groups in total. The van der Waals surface area contributed by atoms with Crippen LogP contribution in [0.2, 0.25) is 0 Å². The van der Waals surface area contributed by atoms with Gasteiger partial charge in [-0.05, 0) is 31.5 Å². The van der Waals surface area contributed by atoms with Crippen molar-refractivity contribution in [1.82, 2.24) is 5.32 Å². The first kappa shape index (κ1) is 16.1. The highest BCUT2D eigenvalue weighted by Crippen LogP contribution is 2.16. The van der Waals surface area contributed by atoms with Gasteiger partial charge in [0.15, 0.2) is 0 Å². The van der Waals surface area contributed by atoms with Crippen LogP contribution in [0.4, 0.5) is 0 Å². The Morgan fingerprint density at radius 1 is 1.42 bits per heavy atom. The molecule has 19 heavy (non-hydrogen) atoms. The third-order valence-corrected chi connectivity index (χ3v) is 3.27. The number of benzene rings is 1. The molecule has 4 nitrogen and oxygen atoms in total. The van der Waals surface area contributed by atoms with Crippen molar-refractivity contribution in [2.75, 3.05) is 13.2 Å². The maximum absolute atomic E-state index is 11.2. The van der Waals surface area contributed by atoms with Crippen molar-refractivity contribution in [3.8, 4) is 0 Å². The lowest BCUT2D eigenvalue weighted by molar-refractivity contribution is -0.145. The predicted molar refractivity (Wildman–Crippen MR) is 77.8 cm³/mol. The number of aliphatic hydroxyl groups is 1. The molecule has 0 bridgehead atoms. The van der Waals surface area contributed by atoms with Crippen molar-refractivity contribution >= 4 is 21.9 Å². The molecule has 2 unspecified atom stereocenters. The Morgan fingerprint density at radius 2 is 2.05 bits per heavy atom. The van der Waals surface area contributed by atoms with Gasteiger partial charge in [0.25, 0.3) is 0 Å². The first-order valence-electron chi connectivity index (χ1n) is 6.35. The molecule has 0 radical (unpaired) electrons. The summed E-state index contributed by atoms with van der Waals surface area (Å²) >= 11 is 3.39. The molecule has 0 saturated heterocycles. The summed E-state index contributed by atoms with van der Waals surface area (Å²) in [6.07, 6.45) is -0.703. The Labute approximate surface area is 122 Å². The summed E-state index contributed by atoms with van der Waals surface area (Å²) in [6.45, 7) is 4.46. The van der Waals surface area contributed by atoms with E-state index in [-0.39, 0.29) is 18.4 Å². The fraction of sp³-hybridized carbons (Fsp3) is 0.500. The summed E-state index contributed by atoms with van der Waals surface area (Å²) in [5, 5.41) is 12.9. The van der Waals surface area contributed by atoms with Gasteiger partial charge in [-0.1, -0.05) is 28.1 Å². The van der Waals surface area contributed by atoms with Gasteiger partial charge in [0.1, 0.15) is 0 Å². The maximum atomic E-state index is 11.2. The van der Waals surface area contributed by atoms with Gasteiger partial charge in [-0.25, -0.2) is 0 Å². The lowest BCUT2D eigenvalue weighted by atomic mass is 10.1. The van der Waals surface area contributed by atoms with Crippen molar-refractivity contribution in [2.24, 2.45) is 0 Å². The summed E-state index contributed by atoms with van der Waals surface area (Å²) in [6, 6.07) is 8.09. The first-order valence-corrected chi connectivity index (χ1v) is 7.14. The van der Waals surface area contributed by atoms with Crippen molar-refractivity contribution in [3.05, 3.63) is 34.3 Å². The highest BCUT2D eigenvalue weighted by molar-refractivity contribution is 9.10. The van der Waals surface area contributed by atoms with Crippen LogP contribution in [0.1, 0.15) is 31.9 Å². The predicted octanol–water partition coefficient (Wildman–Crippen LogP) is 2.41. The van der Waals surface area contributed by atoms with Crippen LogP contribution in [0.25, 0.3) is 0 Å². The second kappa shape index (κ2) is 8.30. The zero-order valence-corrected chi connectivity index (χ0v) is 12.8. The molecule has 0 aliphatic rings. The SMILES string of the molecule is CCOC(=O)CC(O)CNC(C)c1ccc(Br)cc1. The molecular formula is C14H20BrNO3. The maximum Gasteiger partial charge on any atom is 0.308 e. The topological polar surface area (TPSA) is 58.6 Å². The van der Waals surface area contributed by atoms with Crippen molar-refractivity contribution in [2.45, 2.75) is 32.4 Å². The van der Waals surface area contributed by atoms with E-state index in [1.165, 1.54) is 0 Å². The molecule has 0 aliphatic carbocycles. The lowest BCUT2D eigenvalue weighted by Gasteiger charge is -2.17. The van der Waals surface area contributed by atoms with E-state index in [1.54, 1.807) is 6.92 Å². The first-order chi connectivity index (χ1) is 9.02.